The van der Waals surface area contributed by atoms with Crippen LogP contribution >= 0.6 is 0 Å². The predicted molar refractivity (Wildman–Crippen MR) is 46.5 cm³/mol. The van der Waals surface area contributed by atoms with Gasteiger partial charge in [0.15, 0.2) is 5.78 Å². The van der Waals surface area contributed by atoms with Gasteiger partial charge in [0, 0.05) is 25.8 Å². The van der Waals surface area contributed by atoms with Crippen molar-refractivity contribution in [2.45, 2.75) is 6.42 Å². The quantitative estimate of drug-likeness (QED) is 0.627. The molecule has 0 aliphatic carbocycles. The normalized spacial score (nSPS) is 22.1. The average molecular weight is 180 g/mol. The number of aromatic nitrogens is 2. The van der Waals surface area contributed by atoms with Gasteiger partial charge in [0.05, 0.1) is 6.61 Å². The minimum atomic E-state index is 0.0231. The van der Waals surface area contributed by atoms with Crippen molar-refractivity contribution >= 4 is 5.78 Å². The summed E-state index contributed by atoms with van der Waals surface area (Å²) in [4.78, 5) is 11.7. The van der Waals surface area contributed by atoms with Gasteiger partial charge in [0.1, 0.15) is 5.69 Å². The lowest BCUT2D eigenvalue weighted by molar-refractivity contribution is 0.0894. The molecule has 4 nitrogen and oxygen atoms in total. The molecule has 2 heterocycles. The third-order valence-corrected chi connectivity index (χ3v) is 2.27. The highest BCUT2D eigenvalue weighted by Gasteiger charge is 2.25. The van der Waals surface area contributed by atoms with Gasteiger partial charge in [-0.1, -0.05) is 0 Å². The zero-order valence-corrected chi connectivity index (χ0v) is 7.56. The van der Waals surface area contributed by atoms with Crippen molar-refractivity contribution < 1.29 is 9.53 Å². The number of nitrogens with zero attached hydrogens (tertiary/aromatic N) is 2. The number of ether oxygens (including phenoxy) is 1. The zero-order valence-electron chi connectivity index (χ0n) is 7.56. The molecule has 1 aromatic rings. The lowest BCUT2D eigenvalue weighted by Gasteiger charge is -2.01. The smallest absolute Gasteiger partial charge is 0.188 e. The van der Waals surface area contributed by atoms with E-state index < -0.39 is 0 Å². The maximum Gasteiger partial charge on any atom is 0.188 e. The van der Waals surface area contributed by atoms with Crippen LogP contribution in [0.4, 0.5) is 0 Å². The van der Waals surface area contributed by atoms with E-state index in [2.05, 4.69) is 5.10 Å². The van der Waals surface area contributed by atoms with E-state index in [4.69, 9.17) is 4.74 Å². The van der Waals surface area contributed by atoms with E-state index in [1.54, 1.807) is 16.9 Å². The molecule has 1 aliphatic rings. The Morgan fingerprint density at radius 3 is 3.15 bits per heavy atom. The van der Waals surface area contributed by atoms with Gasteiger partial charge in [-0.2, -0.15) is 5.10 Å². The molecule has 1 atom stereocenters. The van der Waals surface area contributed by atoms with Crippen molar-refractivity contribution in [3.8, 4) is 0 Å². The number of carbonyl (C=O) groups is 1. The molecule has 0 N–H and O–H groups in total. The van der Waals surface area contributed by atoms with Crippen molar-refractivity contribution in [1.82, 2.24) is 9.78 Å². The third-order valence-electron chi connectivity index (χ3n) is 2.27. The third kappa shape index (κ3) is 1.62. The Kier molecular flexibility index (Phi) is 2.14. The fraction of sp³-hybridized carbons (Fsp3) is 0.556. The Hall–Kier alpha value is -1.16. The molecule has 1 aromatic heterocycles. The van der Waals surface area contributed by atoms with Crippen LogP contribution in [0.25, 0.3) is 0 Å². The number of rotatable bonds is 2. The highest BCUT2D eigenvalue weighted by Crippen LogP contribution is 2.16. The fourth-order valence-corrected chi connectivity index (χ4v) is 1.50. The Bertz CT molecular complexity index is 313. The standard InChI is InChI=1S/C9H12N2O2/c1-11-4-2-8(10-11)9(12)7-3-5-13-6-7/h2,4,7H,3,5-6H2,1H3. The van der Waals surface area contributed by atoms with E-state index in [0.717, 1.165) is 6.42 Å². The topological polar surface area (TPSA) is 44.1 Å². The fourth-order valence-electron chi connectivity index (χ4n) is 1.50. The molecule has 1 unspecified atom stereocenters. The second kappa shape index (κ2) is 3.30. The predicted octanol–water partition coefficient (Wildman–Crippen LogP) is 0.639. The molecule has 13 heavy (non-hydrogen) atoms. The van der Waals surface area contributed by atoms with Gasteiger partial charge in [-0.25, -0.2) is 0 Å². The average Bonchev–Trinajstić information content (AvgIpc) is 2.72. The molecule has 1 fully saturated rings. The van der Waals surface area contributed by atoms with E-state index >= 15 is 0 Å². The minimum absolute atomic E-state index is 0.0231. The monoisotopic (exact) mass is 180 g/mol. The number of aryl methyl sites for hydroxylation is 1. The molecule has 0 bridgehead atoms. The van der Waals surface area contributed by atoms with Crippen molar-refractivity contribution in [1.29, 1.82) is 0 Å². The van der Waals surface area contributed by atoms with Crippen molar-refractivity contribution in [2.24, 2.45) is 13.0 Å². The lowest BCUT2D eigenvalue weighted by Crippen LogP contribution is -2.15. The van der Waals surface area contributed by atoms with Crippen LogP contribution < -0.4 is 0 Å². The summed E-state index contributed by atoms with van der Waals surface area (Å²) >= 11 is 0. The first kappa shape index (κ1) is 8.44. The maximum atomic E-state index is 11.7. The van der Waals surface area contributed by atoms with Crippen LogP contribution in [0.2, 0.25) is 0 Å². The summed E-state index contributed by atoms with van der Waals surface area (Å²) in [6, 6.07) is 1.75. The molecule has 0 spiro atoms. The van der Waals surface area contributed by atoms with Crippen molar-refractivity contribution in [3.05, 3.63) is 18.0 Å². The van der Waals surface area contributed by atoms with Gasteiger partial charge in [-0.05, 0) is 12.5 Å². The molecule has 0 aromatic carbocycles. The molecule has 0 saturated carbocycles. The Balaban J connectivity index is 2.12. The first-order valence-electron chi connectivity index (χ1n) is 4.39. The number of ketones is 1. The lowest BCUT2D eigenvalue weighted by atomic mass is 10.0. The van der Waals surface area contributed by atoms with Gasteiger partial charge in [0.25, 0.3) is 0 Å². The van der Waals surface area contributed by atoms with Crippen LogP contribution in [0.15, 0.2) is 12.3 Å². The first-order valence-corrected chi connectivity index (χ1v) is 4.39. The minimum Gasteiger partial charge on any atom is -0.381 e. The number of carbonyl (C=O) groups excluding carboxylic acids is 1. The Morgan fingerprint density at radius 2 is 2.62 bits per heavy atom. The van der Waals surface area contributed by atoms with E-state index in [1.165, 1.54) is 0 Å². The summed E-state index contributed by atoms with van der Waals surface area (Å²) in [6.45, 7) is 1.25. The zero-order chi connectivity index (χ0) is 9.26. The largest absolute Gasteiger partial charge is 0.381 e. The molecule has 70 valence electrons. The summed E-state index contributed by atoms with van der Waals surface area (Å²) < 4.78 is 6.79. The van der Waals surface area contributed by atoms with E-state index in [9.17, 15) is 4.79 Å². The highest BCUT2D eigenvalue weighted by molar-refractivity contribution is 5.96. The van der Waals surface area contributed by atoms with Crippen LogP contribution in [-0.4, -0.2) is 28.8 Å². The molecule has 1 saturated heterocycles. The molecule has 2 rings (SSSR count). The van der Waals surface area contributed by atoms with Crippen LogP contribution in [-0.2, 0) is 11.8 Å². The highest BCUT2D eigenvalue weighted by atomic mass is 16.5. The second-order valence-electron chi connectivity index (χ2n) is 3.30. The molecular formula is C9H12N2O2. The summed E-state index contributed by atoms with van der Waals surface area (Å²) in [6.07, 6.45) is 2.61. The number of hydrogen-bond donors (Lipinski definition) is 0. The van der Waals surface area contributed by atoms with Crippen molar-refractivity contribution in [3.63, 3.8) is 0 Å². The van der Waals surface area contributed by atoms with Gasteiger partial charge < -0.3 is 4.74 Å². The van der Waals surface area contributed by atoms with E-state index in [-0.39, 0.29) is 11.7 Å². The second-order valence-corrected chi connectivity index (χ2v) is 3.30. The molecule has 0 radical (unpaired) electrons. The van der Waals surface area contributed by atoms with Gasteiger partial charge in [-0.3, -0.25) is 9.48 Å². The SMILES string of the molecule is Cn1ccc(C(=O)C2CCOC2)n1. The van der Waals surface area contributed by atoms with Crippen LogP contribution in [0.5, 0.6) is 0 Å². The summed E-state index contributed by atoms with van der Waals surface area (Å²) in [7, 11) is 1.81. The van der Waals surface area contributed by atoms with E-state index in [0.29, 0.717) is 18.9 Å². The van der Waals surface area contributed by atoms with Crippen LogP contribution in [0.1, 0.15) is 16.9 Å². The molecule has 0 amide bonds. The summed E-state index contributed by atoms with van der Waals surface area (Å²) in [5.41, 5.74) is 0.554. The number of hydrogen-bond acceptors (Lipinski definition) is 3. The van der Waals surface area contributed by atoms with E-state index in [1.807, 2.05) is 7.05 Å². The van der Waals surface area contributed by atoms with Crippen LogP contribution in [0, 0.1) is 5.92 Å². The van der Waals surface area contributed by atoms with Crippen molar-refractivity contribution in [2.75, 3.05) is 13.2 Å². The Labute approximate surface area is 76.5 Å². The van der Waals surface area contributed by atoms with Gasteiger partial charge in [-0.15, -0.1) is 0 Å². The molecular weight excluding hydrogens is 168 g/mol. The maximum absolute atomic E-state index is 11.7. The van der Waals surface area contributed by atoms with Gasteiger partial charge >= 0.3 is 0 Å². The molecule has 4 heteroatoms. The summed E-state index contributed by atoms with van der Waals surface area (Å²) in [5.74, 6) is 0.132. The van der Waals surface area contributed by atoms with Gasteiger partial charge in [0.2, 0.25) is 0 Å². The Morgan fingerprint density at radius 1 is 1.77 bits per heavy atom. The molecule has 1 aliphatic heterocycles. The first-order chi connectivity index (χ1) is 6.27. The van der Waals surface area contributed by atoms with Crippen LogP contribution in [0.3, 0.4) is 0 Å². The number of Topliss-reactive ketones (excluding diaryl/α,β-unsaturated/α-hetero) is 1. The summed E-state index contributed by atoms with van der Waals surface area (Å²) in [5, 5.41) is 4.07.